The number of benzene rings is 2. The van der Waals surface area contributed by atoms with E-state index in [1.165, 1.54) is 57.8 Å². The van der Waals surface area contributed by atoms with Gasteiger partial charge in [-0.3, -0.25) is 0 Å². The lowest BCUT2D eigenvalue weighted by Crippen LogP contribution is -2.13. The van der Waals surface area contributed by atoms with Crippen molar-refractivity contribution in [2.75, 3.05) is 0 Å². The van der Waals surface area contributed by atoms with Crippen LogP contribution in [-0.2, 0) is 12.8 Å². The number of hydrogen-bond donors (Lipinski definition) is 0. The second-order valence-electron chi connectivity index (χ2n) is 13.0. The highest BCUT2D eigenvalue weighted by molar-refractivity contribution is 5.48. The maximum Gasteiger partial charge on any atom is -0.0187 e. The molecule has 0 aromatic heterocycles. The molecule has 0 aliphatic carbocycles. The van der Waals surface area contributed by atoms with E-state index in [0.29, 0.717) is 35.5 Å². The van der Waals surface area contributed by atoms with E-state index in [0.717, 1.165) is 0 Å². The molecular weight excluding hydrogens is 468 g/mol. The summed E-state index contributed by atoms with van der Waals surface area (Å²) in [5.41, 5.74) is 13.2. The Balaban J connectivity index is 2.54. The summed E-state index contributed by atoms with van der Waals surface area (Å²) in [6.07, 6.45) is 10.9. The van der Waals surface area contributed by atoms with Gasteiger partial charge in [0.15, 0.2) is 0 Å². The van der Waals surface area contributed by atoms with E-state index in [1.54, 1.807) is 44.5 Å². The monoisotopic (exact) mass is 533 g/mol. The van der Waals surface area contributed by atoms with Gasteiger partial charge in [0.25, 0.3) is 0 Å². The van der Waals surface area contributed by atoms with Gasteiger partial charge in [-0.25, -0.2) is 0 Å². The first kappa shape index (κ1) is 33.6. The van der Waals surface area contributed by atoms with Crippen LogP contribution in [0.25, 0.3) is 0 Å². The van der Waals surface area contributed by atoms with Gasteiger partial charge in [-0.05, 0) is 138 Å². The van der Waals surface area contributed by atoms with Gasteiger partial charge in [0.05, 0.1) is 0 Å². The van der Waals surface area contributed by atoms with Crippen LogP contribution in [0.15, 0.2) is 24.3 Å². The van der Waals surface area contributed by atoms with Gasteiger partial charge in [0, 0.05) is 0 Å². The Bertz CT molecular complexity index is 930. The first-order chi connectivity index (χ1) is 18.6. The molecular formula is C39H64. The summed E-state index contributed by atoms with van der Waals surface area (Å²) in [5, 5.41) is 0. The van der Waals surface area contributed by atoms with Crippen molar-refractivity contribution in [3.8, 4) is 0 Å². The van der Waals surface area contributed by atoms with Crippen molar-refractivity contribution in [1.29, 1.82) is 0 Å². The zero-order valence-electron chi connectivity index (χ0n) is 28.1. The maximum absolute atomic E-state index is 2.51. The molecule has 0 nitrogen and oxygen atoms in total. The highest BCUT2D eigenvalue weighted by Crippen LogP contribution is 2.41. The van der Waals surface area contributed by atoms with Crippen molar-refractivity contribution in [1.82, 2.24) is 0 Å². The minimum atomic E-state index is 0.621. The lowest BCUT2D eigenvalue weighted by Gasteiger charge is -2.29. The van der Waals surface area contributed by atoms with Gasteiger partial charge < -0.3 is 0 Å². The summed E-state index contributed by atoms with van der Waals surface area (Å²) >= 11 is 0. The van der Waals surface area contributed by atoms with Crippen LogP contribution in [-0.4, -0.2) is 0 Å². The Morgan fingerprint density at radius 1 is 0.385 bits per heavy atom. The average molecular weight is 533 g/mol. The van der Waals surface area contributed by atoms with Gasteiger partial charge in [-0.1, -0.05) is 107 Å². The van der Waals surface area contributed by atoms with Crippen molar-refractivity contribution in [2.24, 2.45) is 0 Å². The summed E-state index contributed by atoms with van der Waals surface area (Å²) in [7, 11) is 0. The van der Waals surface area contributed by atoms with Crippen LogP contribution < -0.4 is 0 Å². The summed E-state index contributed by atoms with van der Waals surface area (Å²) < 4.78 is 0. The molecule has 0 heteroatoms. The fourth-order valence-electron chi connectivity index (χ4n) is 6.68. The van der Waals surface area contributed by atoms with Gasteiger partial charge >= 0.3 is 0 Å². The topological polar surface area (TPSA) is 0 Å². The van der Waals surface area contributed by atoms with Gasteiger partial charge in [-0.2, -0.15) is 0 Å². The number of aryl methyl sites for hydroxylation is 2. The Morgan fingerprint density at radius 2 is 0.667 bits per heavy atom. The predicted octanol–water partition coefficient (Wildman–Crippen LogP) is 12.9. The maximum atomic E-state index is 2.51. The minimum Gasteiger partial charge on any atom is -0.0648 e. The second-order valence-corrected chi connectivity index (χ2v) is 13.0. The predicted molar refractivity (Wildman–Crippen MR) is 177 cm³/mol. The molecule has 6 unspecified atom stereocenters. The molecule has 2 aromatic carbocycles. The van der Waals surface area contributed by atoms with Gasteiger partial charge in [0.2, 0.25) is 0 Å². The minimum absolute atomic E-state index is 0.621. The summed E-state index contributed by atoms with van der Waals surface area (Å²) in [6.45, 7) is 28.9. The molecule has 0 fully saturated rings. The van der Waals surface area contributed by atoms with Crippen LogP contribution >= 0.6 is 0 Å². The highest BCUT2D eigenvalue weighted by Gasteiger charge is 2.25. The molecule has 2 rings (SSSR count). The molecule has 0 N–H and O–H groups in total. The largest absolute Gasteiger partial charge is 0.0648 e. The van der Waals surface area contributed by atoms with E-state index in [-0.39, 0.29) is 0 Å². The van der Waals surface area contributed by atoms with Crippen LogP contribution in [0.5, 0.6) is 0 Å². The SMILES string of the molecule is CCC(C)c1ccc(CCCc2ccc(C(C)CC)c(C(C)CC)c2C(C)CC)c(C(C)CC)c1C(C)CC. The number of rotatable bonds is 16. The molecule has 2 aromatic rings. The molecule has 6 atom stereocenters. The Kier molecular flexibility index (Phi) is 13.8. The van der Waals surface area contributed by atoms with Crippen molar-refractivity contribution >= 4 is 0 Å². The lowest BCUT2D eigenvalue weighted by molar-refractivity contribution is 0.630. The molecule has 0 spiro atoms. The molecule has 0 saturated heterocycles. The van der Waals surface area contributed by atoms with Crippen LogP contribution in [0, 0.1) is 0 Å². The van der Waals surface area contributed by atoms with Crippen molar-refractivity contribution in [2.45, 2.75) is 176 Å². The molecule has 0 radical (unpaired) electrons. The molecule has 0 aliphatic rings. The van der Waals surface area contributed by atoms with E-state index in [2.05, 4.69) is 107 Å². The fourth-order valence-corrected chi connectivity index (χ4v) is 6.68. The standard InChI is InChI=1S/C39H64/c1-13-26(7)34-24-22-32(36(28(9)15-3)38(34)30(11)17-5)20-19-21-33-23-25-35(27(8)14-2)39(31(12)18-6)37(33)29(10)16-4/h22-31H,13-21H2,1-12H3. The van der Waals surface area contributed by atoms with E-state index < -0.39 is 0 Å². The molecule has 0 aliphatic heterocycles. The summed E-state index contributed by atoms with van der Waals surface area (Å²) in [4.78, 5) is 0. The van der Waals surface area contributed by atoms with E-state index in [4.69, 9.17) is 0 Å². The molecule has 0 heterocycles. The Labute approximate surface area is 244 Å². The van der Waals surface area contributed by atoms with Crippen LogP contribution in [0.4, 0.5) is 0 Å². The molecule has 220 valence electrons. The number of hydrogen-bond acceptors (Lipinski definition) is 0. The van der Waals surface area contributed by atoms with Gasteiger partial charge in [0.1, 0.15) is 0 Å². The van der Waals surface area contributed by atoms with E-state index >= 15 is 0 Å². The third-order valence-electron chi connectivity index (χ3n) is 10.4. The lowest BCUT2D eigenvalue weighted by atomic mass is 9.76. The normalized spacial score (nSPS) is 16.5. The smallest absolute Gasteiger partial charge is 0.0187 e. The van der Waals surface area contributed by atoms with Crippen LogP contribution in [0.3, 0.4) is 0 Å². The Morgan fingerprint density at radius 3 is 0.949 bits per heavy atom. The Hall–Kier alpha value is -1.56. The van der Waals surface area contributed by atoms with E-state index in [9.17, 15) is 0 Å². The second kappa shape index (κ2) is 16.0. The van der Waals surface area contributed by atoms with Gasteiger partial charge in [-0.15, -0.1) is 0 Å². The average Bonchev–Trinajstić information content (AvgIpc) is 2.97. The van der Waals surface area contributed by atoms with Crippen molar-refractivity contribution < 1.29 is 0 Å². The third-order valence-corrected chi connectivity index (χ3v) is 10.4. The third kappa shape index (κ3) is 7.80. The molecule has 0 amide bonds. The zero-order valence-corrected chi connectivity index (χ0v) is 28.1. The first-order valence-corrected chi connectivity index (χ1v) is 16.9. The quantitative estimate of drug-likeness (QED) is 0.202. The van der Waals surface area contributed by atoms with E-state index in [1.807, 2.05) is 0 Å². The molecule has 0 bridgehead atoms. The fraction of sp³-hybridized carbons (Fsp3) is 0.692. The molecule has 39 heavy (non-hydrogen) atoms. The zero-order chi connectivity index (χ0) is 29.3. The molecule has 0 saturated carbocycles. The van der Waals surface area contributed by atoms with Crippen LogP contribution in [0.2, 0.25) is 0 Å². The highest BCUT2D eigenvalue weighted by atomic mass is 14.3. The summed E-state index contributed by atoms with van der Waals surface area (Å²) in [6, 6.07) is 10.0. The van der Waals surface area contributed by atoms with Crippen molar-refractivity contribution in [3.63, 3.8) is 0 Å². The van der Waals surface area contributed by atoms with Crippen molar-refractivity contribution in [3.05, 3.63) is 68.8 Å². The first-order valence-electron chi connectivity index (χ1n) is 16.9. The summed E-state index contributed by atoms with van der Waals surface area (Å²) in [5.74, 6) is 3.76. The van der Waals surface area contributed by atoms with Crippen LogP contribution in [0.1, 0.15) is 208 Å².